The van der Waals surface area contributed by atoms with Gasteiger partial charge in [-0.25, -0.2) is 9.80 Å². The summed E-state index contributed by atoms with van der Waals surface area (Å²) in [5.74, 6) is -0.704. The zero-order valence-corrected chi connectivity index (χ0v) is 16.5. The molecule has 1 fully saturated rings. The van der Waals surface area contributed by atoms with Gasteiger partial charge < -0.3 is 5.32 Å². The summed E-state index contributed by atoms with van der Waals surface area (Å²) in [5, 5.41) is 8.67. The van der Waals surface area contributed by atoms with Crippen molar-refractivity contribution in [2.24, 2.45) is 5.10 Å². The monoisotopic (exact) mass is 402 g/mol. The van der Waals surface area contributed by atoms with E-state index >= 15 is 0 Å². The van der Waals surface area contributed by atoms with Crippen LogP contribution in [0.4, 0.5) is 4.79 Å². The summed E-state index contributed by atoms with van der Waals surface area (Å²) in [5.41, 5.74) is 2.66. The maximum Gasteiger partial charge on any atom is 0.325 e. The molecule has 2 aromatic rings. The van der Waals surface area contributed by atoms with Crippen molar-refractivity contribution in [3.63, 3.8) is 0 Å². The first-order valence-electron chi connectivity index (χ1n) is 10.2. The summed E-state index contributed by atoms with van der Waals surface area (Å²) in [6.45, 7) is 0.140. The Bertz CT molecular complexity index is 1070. The van der Waals surface area contributed by atoms with E-state index in [2.05, 4.69) is 10.4 Å². The van der Waals surface area contributed by atoms with Crippen LogP contribution in [-0.4, -0.2) is 46.6 Å². The lowest BCUT2D eigenvalue weighted by Crippen LogP contribution is -2.47. The molecule has 3 aliphatic rings. The lowest BCUT2D eigenvalue weighted by Gasteiger charge is -2.33. The molecule has 1 unspecified atom stereocenters. The number of urea groups is 1. The second kappa shape index (κ2) is 7.09. The van der Waals surface area contributed by atoms with Gasteiger partial charge in [0.25, 0.3) is 11.8 Å². The molecule has 30 heavy (non-hydrogen) atoms. The van der Waals surface area contributed by atoms with Crippen molar-refractivity contribution in [3.05, 3.63) is 71.3 Å². The Hall–Kier alpha value is -3.48. The molecule has 2 heterocycles. The van der Waals surface area contributed by atoms with Gasteiger partial charge in [-0.2, -0.15) is 5.10 Å². The van der Waals surface area contributed by atoms with Gasteiger partial charge in [0, 0.05) is 6.42 Å². The van der Waals surface area contributed by atoms with Crippen molar-refractivity contribution in [2.75, 3.05) is 13.1 Å². The molecule has 0 saturated carbocycles. The summed E-state index contributed by atoms with van der Waals surface area (Å²) >= 11 is 0. The minimum absolute atomic E-state index is 0.305. The molecular weight excluding hydrogens is 380 g/mol. The number of aryl methyl sites for hydroxylation is 1. The summed E-state index contributed by atoms with van der Waals surface area (Å²) < 4.78 is 0. The number of carbonyl (C=O) groups is 3. The molecule has 152 valence electrons. The minimum atomic E-state index is -1.06. The predicted octanol–water partition coefficient (Wildman–Crippen LogP) is 2.41. The van der Waals surface area contributed by atoms with Crippen LogP contribution in [0.25, 0.3) is 0 Å². The fourth-order valence-electron chi connectivity index (χ4n) is 4.64. The van der Waals surface area contributed by atoms with E-state index in [0.29, 0.717) is 19.4 Å². The molecule has 0 radical (unpaired) electrons. The number of benzene rings is 2. The number of hydrazone groups is 1. The zero-order valence-electron chi connectivity index (χ0n) is 16.5. The molecule has 0 aromatic heterocycles. The van der Waals surface area contributed by atoms with E-state index in [1.807, 2.05) is 54.6 Å². The number of carbonyl (C=O) groups excluding carboxylic acids is 3. The topological polar surface area (TPSA) is 82.1 Å². The standard InChI is InChI=1S/C23H22N4O3/c28-20(27-14-12-19(25-27)17-8-2-1-3-9-17)15-26-21(29)23(24-22(26)30)13-6-10-16-7-4-5-11-18(16)23/h1-5,7-9,11H,6,10,12-15H2,(H,24,30). The van der Waals surface area contributed by atoms with Gasteiger partial charge in [-0.3, -0.25) is 14.5 Å². The fourth-order valence-corrected chi connectivity index (χ4v) is 4.64. The molecular formula is C23H22N4O3. The van der Waals surface area contributed by atoms with Gasteiger partial charge in [0.1, 0.15) is 12.1 Å². The number of amides is 4. The molecule has 7 heteroatoms. The fraction of sp³-hybridized carbons (Fsp3) is 0.304. The summed E-state index contributed by atoms with van der Waals surface area (Å²) in [6, 6.07) is 16.9. The number of hydrogen-bond donors (Lipinski definition) is 1. The third kappa shape index (κ3) is 2.89. The summed E-state index contributed by atoms with van der Waals surface area (Å²) in [4.78, 5) is 39.9. The molecule has 1 spiro atoms. The van der Waals surface area contributed by atoms with Crippen LogP contribution >= 0.6 is 0 Å². The van der Waals surface area contributed by atoms with Crippen LogP contribution in [0.2, 0.25) is 0 Å². The SMILES string of the molecule is O=C(CN1C(=O)NC2(CCCc3ccccc32)C1=O)N1CCC(c2ccccc2)=N1. The highest BCUT2D eigenvalue weighted by Gasteiger charge is 2.54. The first-order chi connectivity index (χ1) is 14.6. The van der Waals surface area contributed by atoms with Crippen molar-refractivity contribution >= 4 is 23.6 Å². The second-order valence-electron chi connectivity index (χ2n) is 7.92. The average molecular weight is 402 g/mol. The van der Waals surface area contributed by atoms with Crippen LogP contribution in [-0.2, 0) is 21.5 Å². The zero-order chi connectivity index (χ0) is 20.7. The molecule has 5 rings (SSSR count). The van der Waals surface area contributed by atoms with Gasteiger partial charge in [0.15, 0.2) is 0 Å². The highest BCUT2D eigenvalue weighted by Crippen LogP contribution is 2.39. The Kier molecular flexibility index (Phi) is 4.38. The lowest BCUT2D eigenvalue weighted by molar-refractivity contribution is -0.139. The van der Waals surface area contributed by atoms with Crippen LogP contribution in [0.15, 0.2) is 59.7 Å². The number of fused-ring (bicyclic) bond motifs is 2. The van der Waals surface area contributed by atoms with Gasteiger partial charge in [-0.05, 0) is 36.0 Å². The maximum atomic E-state index is 13.3. The molecule has 1 atom stereocenters. The third-order valence-electron chi connectivity index (χ3n) is 6.14. The van der Waals surface area contributed by atoms with Crippen LogP contribution in [0, 0.1) is 0 Å². The van der Waals surface area contributed by atoms with Crippen LogP contribution in [0.1, 0.15) is 36.0 Å². The van der Waals surface area contributed by atoms with Crippen molar-refractivity contribution < 1.29 is 14.4 Å². The smallest absolute Gasteiger partial charge is 0.319 e. The third-order valence-corrected chi connectivity index (χ3v) is 6.14. The summed E-state index contributed by atoms with van der Waals surface area (Å²) in [6.07, 6.45) is 2.87. The van der Waals surface area contributed by atoms with Crippen LogP contribution in [0.5, 0.6) is 0 Å². The van der Waals surface area contributed by atoms with E-state index in [0.717, 1.165) is 40.1 Å². The van der Waals surface area contributed by atoms with Gasteiger partial charge in [-0.15, -0.1) is 0 Å². The number of nitrogens with zero attached hydrogens (tertiary/aromatic N) is 3. The van der Waals surface area contributed by atoms with E-state index in [1.54, 1.807) is 0 Å². The van der Waals surface area contributed by atoms with Crippen molar-refractivity contribution in [2.45, 2.75) is 31.2 Å². The van der Waals surface area contributed by atoms with Gasteiger partial charge >= 0.3 is 6.03 Å². The quantitative estimate of drug-likeness (QED) is 0.801. The molecule has 0 bridgehead atoms. The highest BCUT2D eigenvalue weighted by molar-refractivity contribution is 6.10. The van der Waals surface area contributed by atoms with Crippen LogP contribution in [0.3, 0.4) is 0 Å². The van der Waals surface area contributed by atoms with E-state index in [1.165, 1.54) is 5.01 Å². The number of imide groups is 1. The maximum absolute atomic E-state index is 13.3. The minimum Gasteiger partial charge on any atom is -0.319 e. The second-order valence-corrected chi connectivity index (χ2v) is 7.92. The first kappa shape index (κ1) is 18.5. The van der Waals surface area contributed by atoms with Crippen molar-refractivity contribution in [1.82, 2.24) is 15.2 Å². The van der Waals surface area contributed by atoms with E-state index < -0.39 is 11.6 Å². The molecule has 2 aliphatic heterocycles. The highest BCUT2D eigenvalue weighted by atomic mass is 16.2. The van der Waals surface area contributed by atoms with E-state index in [4.69, 9.17) is 0 Å². The van der Waals surface area contributed by atoms with Gasteiger partial charge in [0.2, 0.25) is 0 Å². The van der Waals surface area contributed by atoms with Gasteiger partial charge in [0.05, 0.1) is 12.3 Å². The average Bonchev–Trinajstić information content (AvgIpc) is 3.35. The van der Waals surface area contributed by atoms with E-state index in [-0.39, 0.29) is 18.4 Å². The van der Waals surface area contributed by atoms with Crippen molar-refractivity contribution in [3.8, 4) is 0 Å². The molecule has 2 aromatic carbocycles. The van der Waals surface area contributed by atoms with E-state index in [9.17, 15) is 14.4 Å². The molecule has 4 amide bonds. The Morgan fingerprint density at radius 3 is 2.63 bits per heavy atom. The van der Waals surface area contributed by atoms with Gasteiger partial charge in [-0.1, -0.05) is 54.6 Å². The Morgan fingerprint density at radius 2 is 1.80 bits per heavy atom. The largest absolute Gasteiger partial charge is 0.325 e. The molecule has 1 saturated heterocycles. The number of hydrogen-bond acceptors (Lipinski definition) is 4. The van der Waals surface area contributed by atoms with Crippen molar-refractivity contribution in [1.29, 1.82) is 0 Å². The number of rotatable bonds is 3. The molecule has 1 N–H and O–H groups in total. The Balaban J connectivity index is 1.35. The van der Waals surface area contributed by atoms with Crippen LogP contribution < -0.4 is 5.32 Å². The number of nitrogens with one attached hydrogen (secondary N) is 1. The predicted molar refractivity (Wildman–Crippen MR) is 111 cm³/mol. The molecule has 1 aliphatic carbocycles. The Morgan fingerprint density at radius 1 is 1.03 bits per heavy atom. The normalized spacial score (nSPS) is 22.9. The summed E-state index contributed by atoms with van der Waals surface area (Å²) in [7, 11) is 0. The molecule has 7 nitrogen and oxygen atoms in total. The first-order valence-corrected chi connectivity index (χ1v) is 10.2. The Labute approximate surface area is 174 Å². The lowest BCUT2D eigenvalue weighted by atomic mass is 9.76.